The van der Waals surface area contributed by atoms with Crippen molar-refractivity contribution >= 4 is 17.5 Å². The number of hydrogen-bond donors (Lipinski definition) is 1. The number of benzene rings is 1. The number of methoxy groups -OCH3 is 1. The molecule has 0 saturated carbocycles. The average Bonchev–Trinajstić information content (AvgIpc) is 2.70. The summed E-state index contributed by atoms with van der Waals surface area (Å²) >= 11 is 0. The minimum Gasteiger partial charge on any atom is -0.497 e. The van der Waals surface area contributed by atoms with Gasteiger partial charge in [-0.3, -0.25) is 9.59 Å². The molecule has 5 nitrogen and oxygen atoms in total. The van der Waals surface area contributed by atoms with Crippen LogP contribution in [-0.4, -0.2) is 25.5 Å². The van der Waals surface area contributed by atoms with Crippen molar-refractivity contribution in [2.24, 2.45) is 11.7 Å². The molecule has 0 radical (unpaired) electrons. The number of hydrogen-bond acceptors (Lipinski definition) is 3. The lowest BCUT2D eigenvalue weighted by atomic mass is 10.1. The molecule has 1 aromatic rings. The number of carbonyl (C=O) groups is 2. The topological polar surface area (TPSA) is 72.6 Å². The van der Waals surface area contributed by atoms with Crippen LogP contribution in [0.4, 0.5) is 10.1 Å². The maximum atomic E-state index is 13.3. The van der Waals surface area contributed by atoms with E-state index in [0.29, 0.717) is 11.4 Å². The minimum absolute atomic E-state index is 0.0637. The molecule has 1 unspecified atom stereocenters. The van der Waals surface area contributed by atoms with Crippen LogP contribution in [0.1, 0.15) is 6.42 Å². The number of rotatable bonds is 3. The molecule has 1 fully saturated rings. The zero-order chi connectivity index (χ0) is 13.3. The van der Waals surface area contributed by atoms with Crippen molar-refractivity contribution in [3.8, 4) is 5.75 Å². The van der Waals surface area contributed by atoms with E-state index >= 15 is 0 Å². The molecule has 1 aliphatic rings. The normalized spacial score (nSPS) is 19.1. The largest absolute Gasteiger partial charge is 0.497 e. The van der Waals surface area contributed by atoms with Gasteiger partial charge in [0.05, 0.1) is 18.7 Å². The fraction of sp³-hybridized carbons (Fsp3) is 0.333. The third-order valence-electron chi connectivity index (χ3n) is 2.93. The molecule has 2 rings (SSSR count). The minimum atomic E-state index is -0.522. The fourth-order valence-electron chi connectivity index (χ4n) is 1.97. The number of nitrogens with two attached hydrogens (primary N) is 1. The highest BCUT2D eigenvalue weighted by molar-refractivity contribution is 6.00. The quantitative estimate of drug-likeness (QED) is 0.859. The van der Waals surface area contributed by atoms with Crippen LogP contribution in [0.25, 0.3) is 0 Å². The van der Waals surface area contributed by atoms with E-state index in [-0.39, 0.29) is 18.9 Å². The number of primary amides is 1. The highest BCUT2D eigenvalue weighted by Gasteiger charge is 2.34. The molecule has 1 aliphatic heterocycles. The van der Waals surface area contributed by atoms with Crippen molar-refractivity contribution in [1.82, 2.24) is 0 Å². The Kier molecular flexibility index (Phi) is 3.18. The molecule has 0 spiro atoms. The Morgan fingerprint density at radius 2 is 2.22 bits per heavy atom. The fourth-order valence-corrected chi connectivity index (χ4v) is 1.97. The van der Waals surface area contributed by atoms with Crippen molar-refractivity contribution in [3.05, 3.63) is 24.0 Å². The van der Waals surface area contributed by atoms with E-state index in [0.717, 1.165) is 0 Å². The first-order valence-electron chi connectivity index (χ1n) is 5.45. The molecule has 1 saturated heterocycles. The summed E-state index contributed by atoms with van der Waals surface area (Å²) in [4.78, 5) is 24.2. The Balaban J connectivity index is 2.29. The highest BCUT2D eigenvalue weighted by atomic mass is 19.1. The first-order valence-corrected chi connectivity index (χ1v) is 5.45. The number of amides is 2. The first-order chi connectivity index (χ1) is 8.51. The van der Waals surface area contributed by atoms with Crippen LogP contribution >= 0.6 is 0 Å². The van der Waals surface area contributed by atoms with E-state index in [4.69, 9.17) is 10.5 Å². The van der Waals surface area contributed by atoms with Crippen LogP contribution in [0.3, 0.4) is 0 Å². The number of nitrogens with zero attached hydrogens (tertiary/aromatic N) is 1. The number of anilines is 1. The maximum absolute atomic E-state index is 13.3. The van der Waals surface area contributed by atoms with E-state index in [2.05, 4.69) is 0 Å². The number of carbonyl (C=O) groups excluding carboxylic acids is 2. The third kappa shape index (κ3) is 2.27. The van der Waals surface area contributed by atoms with Gasteiger partial charge in [0.1, 0.15) is 11.6 Å². The first kappa shape index (κ1) is 12.3. The number of ether oxygens (including phenoxy) is 1. The van der Waals surface area contributed by atoms with E-state index < -0.39 is 17.6 Å². The average molecular weight is 252 g/mol. The lowest BCUT2D eigenvalue weighted by Crippen LogP contribution is -2.28. The highest BCUT2D eigenvalue weighted by Crippen LogP contribution is 2.28. The van der Waals surface area contributed by atoms with Gasteiger partial charge in [-0.15, -0.1) is 0 Å². The summed E-state index contributed by atoms with van der Waals surface area (Å²) in [6.07, 6.45) is 0.0637. The van der Waals surface area contributed by atoms with E-state index in [1.165, 1.54) is 24.1 Å². The summed E-state index contributed by atoms with van der Waals surface area (Å²) in [5, 5.41) is 0. The molecule has 2 amide bonds. The molecular weight excluding hydrogens is 239 g/mol. The smallest absolute Gasteiger partial charge is 0.227 e. The molecule has 1 heterocycles. The summed E-state index contributed by atoms with van der Waals surface area (Å²) in [6, 6.07) is 3.99. The van der Waals surface area contributed by atoms with Crippen molar-refractivity contribution < 1.29 is 18.7 Å². The lowest BCUT2D eigenvalue weighted by molar-refractivity contribution is -0.123. The van der Waals surface area contributed by atoms with Gasteiger partial charge in [0, 0.05) is 25.1 Å². The maximum Gasteiger partial charge on any atom is 0.227 e. The predicted molar refractivity (Wildman–Crippen MR) is 62.6 cm³/mol. The second-order valence-electron chi connectivity index (χ2n) is 4.16. The van der Waals surface area contributed by atoms with Crippen molar-refractivity contribution in [2.75, 3.05) is 18.6 Å². The van der Waals surface area contributed by atoms with Crippen LogP contribution in [-0.2, 0) is 9.59 Å². The van der Waals surface area contributed by atoms with Gasteiger partial charge in [0.15, 0.2) is 0 Å². The van der Waals surface area contributed by atoms with Gasteiger partial charge in [-0.25, -0.2) is 4.39 Å². The predicted octanol–water partition coefficient (Wildman–Crippen LogP) is 0.672. The summed E-state index contributed by atoms with van der Waals surface area (Å²) in [7, 11) is 1.41. The van der Waals surface area contributed by atoms with Crippen LogP contribution in [0.5, 0.6) is 5.75 Å². The van der Waals surface area contributed by atoms with Gasteiger partial charge < -0.3 is 15.4 Å². The molecule has 2 N–H and O–H groups in total. The molecule has 1 atom stereocenters. The standard InChI is InChI=1S/C12H13FN2O3/c1-18-10-4-8(13)3-9(5-10)15-6-7(12(14)17)2-11(15)16/h3-5,7H,2,6H2,1H3,(H2,14,17). The molecular formula is C12H13FN2O3. The summed E-state index contributed by atoms with van der Waals surface area (Å²) < 4.78 is 18.3. The van der Waals surface area contributed by atoms with Gasteiger partial charge >= 0.3 is 0 Å². The van der Waals surface area contributed by atoms with Gasteiger partial charge in [-0.05, 0) is 6.07 Å². The van der Waals surface area contributed by atoms with Crippen molar-refractivity contribution in [1.29, 1.82) is 0 Å². The molecule has 0 aliphatic carbocycles. The molecule has 6 heteroatoms. The Hall–Kier alpha value is -2.11. The van der Waals surface area contributed by atoms with Crippen molar-refractivity contribution in [3.63, 3.8) is 0 Å². The molecule has 1 aromatic carbocycles. The Morgan fingerprint density at radius 3 is 2.78 bits per heavy atom. The second-order valence-corrected chi connectivity index (χ2v) is 4.16. The summed E-state index contributed by atoms with van der Waals surface area (Å²) in [6.45, 7) is 0.181. The Labute approximate surface area is 103 Å². The molecule has 18 heavy (non-hydrogen) atoms. The summed E-state index contributed by atoms with van der Waals surface area (Å²) in [5.74, 6) is -1.47. The van der Waals surface area contributed by atoms with Crippen molar-refractivity contribution in [2.45, 2.75) is 6.42 Å². The zero-order valence-electron chi connectivity index (χ0n) is 9.85. The second kappa shape index (κ2) is 4.64. The van der Waals surface area contributed by atoms with E-state index in [1.807, 2.05) is 0 Å². The third-order valence-corrected chi connectivity index (χ3v) is 2.93. The Morgan fingerprint density at radius 1 is 1.50 bits per heavy atom. The van der Waals surface area contributed by atoms with Crippen LogP contribution in [0.15, 0.2) is 18.2 Å². The molecule has 0 bridgehead atoms. The van der Waals surface area contributed by atoms with E-state index in [1.54, 1.807) is 6.07 Å². The van der Waals surface area contributed by atoms with Gasteiger partial charge in [-0.1, -0.05) is 0 Å². The molecule has 0 aromatic heterocycles. The Bertz CT molecular complexity index is 504. The molecule has 96 valence electrons. The SMILES string of the molecule is COc1cc(F)cc(N2CC(C(N)=O)CC2=O)c1. The van der Waals surface area contributed by atoms with E-state index in [9.17, 15) is 14.0 Å². The monoisotopic (exact) mass is 252 g/mol. The summed E-state index contributed by atoms with van der Waals surface area (Å²) in [5.41, 5.74) is 5.55. The zero-order valence-corrected chi connectivity index (χ0v) is 9.85. The lowest BCUT2D eigenvalue weighted by Gasteiger charge is -2.17. The van der Waals surface area contributed by atoms with Gasteiger partial charge in [0.2, 0.25) is 11.8 Å². The van der Waals surface area contributed by atoms with Crippen LogP contribution in [0.2, 0.25) is 0 Å². The number of halogens is 1. The van der Waals surface area contributed by atoms with Gasteiger partial charge in [-0.2, -0.15) is 0 Å². The van der Waals surface area contributed by atoms with Crippen LogP contribution < -0.4 is 15.4 Å². The van der Waals surface area contributed by atoms with Gasteiger partial charge in [0.25, 0.3) is 0 Å². The van der Waals surface area contributed by atoms with Crippen LogP contribution in [0, 0.1) is 11.7 Å².